The van der Waals surface area contributed by atoms with Crippen molar-refractivity contribution >= 4 is 16.0 Å². The smallest absolute Gasteiger partial charge is 0.308 e. The van der Waals surface area contributed by atoms with E-state index >= 15 is 0 Å². The van der Waals surface area contributed by atoms with Gasteiger partial charge in [0.05, 0.1) is 20.1 Å². The van der Waals surface area contributed by atoms with Gasteiger partial charge in [-0.2, -0.15) is 4.31 Å². The molecule has 122 valence electrons. The third kappa shape index (κ3) is 3.25. The second-order valence-electron chi connectivity index (χ2n) is 5.36. The summed E-state index contributed by atoms with van der Waals surface area (Å²) in [4.78, 5) is 11.7. The van der Waals surface area contributed by atoms with Gasteiger partial charge in [0.2, 0.25) is 10.0 Å². The van der Waals surface area contributed by atoms with Crippen LogP contribution in [0.1, 0.15) is 18.4 Å². The highest BCUT2D eigenvalue weighted by molar-refractivity contribution is 7.89. The average Bonchev–Trinajstić information content (AvgIpc) is 2.54. The van der Waals surface area contributed by atoms with E-state index < -0.39 is 10.0 Å². The van der Waals surface area contributed by atoms with Crippen molar-refractivity contribution in [3.05, 3.63) is 23.8 Å². The molecule has 0 aromatic heterocycles. The van der Waals surface area contributed by atoms with Gasteiger partial charge < -0.3 is 9.47 Å². The summed E-state index contributed by atoms with van der Waals surface area (Å²) in [6.07, 6.45) is 0.945. The van der Waals surface area contributed by atoms with Gasteiger partial charge in [-0.1, -0.05) is 6.07 Å². The number of aryl methyl sites for hydroxylation is 1. The van der Waals surface area contributed by atoms with Crippen molar-refractivity contribution in [3.8, 4) is 5.75 Å². The summed E-state index contributed by atoms with van der Waals surface area (Å²) in [5, 5.41) is 0. The number of rotatable bonds is 4. The molecule has 1 aliphatic rings. The largest absolute Gasteiger partial charge is 0.495 e. The number of sulfonamides is 1. The number of nitrogens with zero attached hydrogens (tertiary/aromatic N) is 1. The summed E-state index contributed by atoms with van der Waals surface area (Å²) in [6, 6.07) is 5.07. The Morgan fingerprint density at radius 2 is 1.86 bits per heavy atom. The van der Waals surface area contributed by atoms with E-state index in [0.717, 1.165) is 5.56 Å². The van der Waals surface area contributed by atoms with Crippen molar-refractivity contribution in [1.82, 2.24) is 4.31 Å². The normalized spacial score (nSPS) is 17.2. The van der Waals surface area contributed by atoms with E-state index in [2.05, 4.69) is 0 Å². The Bertz CT molecular complexity index is 648. The molecule has 1 aliphatic heterocycles. The van der Waals surface area contributed by atoms with Gasteiger partial charge in [0.25, 0.3) is 0 Å². The molecule has 7 heteroatoms. The van der Waals surface area contributed by atoms with Gasteiger partial charge >= 0.3 is 5.97 Å². The molecule has 0 unspecified atom stereocenters. The van der Waals surface area contributed by atoms with Crippen molar-refractivity contribution in [1.29, 1.82) is 0 Å². The molecule has 0 bridgehead atoms. The Labute approximate surface area is 131 Å². The van der Waals surface area contributed by atoms with Crippen molar-refractivity contribution in [2.45, 2.75) is 24.7 Å². The summed E-state index contributed by atoms with van der Waals surface area (Å²) in [7, 11) is -0.825. The quantitative estimate of drug-likeness (QED) is 0.785. The SMILES string of the molecule is COC(=O)C1CCN(S(=O)(=O)c2cc(C)ccc2OC)CC1. The summed E-state index contributed by atoms with van der Waals surface area (Å²) in [5.41, 5.74) is 0.851. The predicted octanol–water partition coefficient (Wildman–Crippen LogP) is 1.58. The Morgan fingerprint density at radius 1 is 1.23 bits per heavy atom. The summed E-state index contributed by atoms with van der Waals surface area (Å²) >= 11 is 0. The topological polar surface area (TPSA) is 72.9 Å². The first kappa shape index (κ1) is 16.8. The van der Waals surface area contributed by atoms with Crippen LogP contribution >= 0.6 is 0 Å². The van der Waals surface area contributed by atoms with Crippen LogP contribution in [0.4, 0.5) is 0 Å². The van der Waals surface area contributed by atoms with Crippen molar-refractivity contribution in [2.24, 2.45) is 5.92 Å². The number of carbonyl (C=O) groups excluding carboxylic acids is 1. The lowest BCUT2D eigenvalue weighted by molar-refractivity contribution is -0.146. The summed E-state index contributed by atoms with van der Waals surface area (Å²) < 4.78 is 36.9. The number of esters is 1. The third-order valence-electron chi connectivity index (χ3n) is 3.93. The summed E-state index contributed by atoms with van der Waals surface area (Å²) in [5.74, 6) is -0.165. The molecule has 0 spiro atoms. The van der Waals surface area contributed by atoms with Crippen LogP contribution in [0.3, 0.4) is 0 Å². The number of ether oxygens (including phenoxy) is 2. The number of methoxy groups -OCH3 is 2. The number of piperidine rings is 1. The van der Waals surface area contributed by atoms with Gasteiger partial charge in [-0.25, -0.2) is 8.42 Å². The van der Waals surface area contributed by atoms with E-state index in [9.17, 15) is 13.2 Å². The van der Waals surface area contributed by atoms with Crippen LogP contribution < -0.4 is 4.74 Å². The van der Waals surface area contributed by atoms with Gasteiger partial charge in [-0.3, -0.25) is 4.79 Å². The highest BCUT2D eigenvalue weighted by atomic mass is 32.2. The lowest BCUT2D eigenvalue weighted by Gasteiger charge is -2.30. The molecule has 0 saturated carbocycles. The fraction of sp³-hybridized carbons (Fsp3) is 0.533. The number of carbonyl (C=O) groups is 1. The van der Waals surface area contributed by atoms with Gasteiger partial charge in [0.1, 0.15) is 10.6 Å². The fourth-order valence-electron chi connectivity index (χ4n) is 2.62. The molecule has 0 amide bonds. The van der Waals surface area contributed by atoms with E-state index in [1.807, 2.05) is 6.92 Å². The van der Waals surface area contributed by atoms with E-state index in [0.29, 0.717) is 31.7 Å². The van der Waals surface area contributed by atoms with Crippen LogP contribution in [0.5, 0.6) is 5.75 Å². The van der Waals surface area contributed by atoms with E-state index in [1.54, 1.807) is 18.2 Å². The highest BCUT2D eigenvalue weighted by Crippen LogP contribution is 2.30. The van der Waals surface area contributed by atoms with Crippen LogP contribution in [0, 0.1) is 12.8 Å². The Balaban J connectivity index is 2.22. The number of benzene rings is 1. The highest BCUT2D eigenvalue weighted by Gasteiger charge is 2.34. The zero-order valence-corrected chi connectivity index (χ0v) is 13.9. The zero-order chi connectivity index (χ0) is 16.3. The molecular weight excluding hydrogens is 306 g/mol. The fourth-order valence-corrected chi connectivity index (χ4v) is 4.33. The number of hydrogen-bond acceptors (Lipinski definition) is 5. The van der Waals surface area contributed by atoms with Gasteiger partial charge in [0.15, 0.2) is 0 Å². The minimum atomic E-state index is -3.63. The van der Waals surface area contributed by atoms with E-state index in [4.69, 9.17) is 9.47 Å². The summed E-state index contributed by atoms with van der Waals surface area (Å²) in [6.45, 7) is 2.44. The molecule has 1 aromatic rings. The lowest BCUT2D eigenvalue weighted by Crippen LogP contribution is -2.40. The maximum atomic E-state index is 12.8. The number of hydrogen-bond donors (Lipinski definition) is 0. The molecular formula is C15H21NO5S. The maximum absolute atomic E-state index is 12.8. The molecule has 0 N–H and O–H groups in total. The van der Waals surface area contributed by atoms with Crippen LogP contribution in [0.15, 0.2) is 23.1 Å². The molecule has 0 atom stereocenters. The average molecular weight is 327 g/mol. The zero-order valence-electron chi connectivity index (χ0n) is 13.0. The molecule has 1 fully saturated rings. The molecule has 1 aromatic carbocycles. The first-order chi connectivity index (χ1) is 10.4. The van der Waals surface area contributed by atoms with Crippen LogP contribution in [-0.4, -0.2) is 46.0 Å². The van der Waals surface area contributed by atoms with E-state index in [-0.39, 0.29) is 16.8 Å². The van der Waals surface area contributed by atoms with Crippen molar-refractivity contribution in [2.75, 3.05) is 27.3 Å². The molecule has 1 saturated heterocycles. The first-order valence-electron chi connectivity index (χ1n) is 7.12. The van der Waals surface area contributed by atoms with Gasteiger partial charge in [-0.05, 0) is 37.5 Å². The Kier molecular flexibility index (Phi) is 5.08. The van der Waals surface area contributed by atoms with Gasteiger partial charge in [0, 0.05) is 13.1 Å². The predicted molar refractivity (Wildman–Crippen MR) is 81.2 cm³/mol. The van der Waals surface area contributed by atoms with Crippen LogP contribution in [0.2, 0.25) is 0 Å². The van der Waals surface area contributed by atoms with Crippen molar-refractivity contribution in [3.63, 3.8) is 0 Å². The standard InChI is InChI=1S/C15H21NO5S/c1-11-4-5-13(20-2)14(10-11)22(18,19)16-8-6-12(7-9-16)15(17)21-3/h4-5,10,12H,6-9H2,1-3H3. The lowest BCUT2D eigenvalue weighted by atomic mass is 9.99. The second-order valence-corrected chi connectivity index (χ2v) is 7.26. The molecule has 6 nitrogen and oxygen atoms in total. The molecule has 1 heterocycles. The molecule has 22 heavy (non-hydrogen) atoms. The molecule has 2 rings (SSSR count). The Hall–Kier alpha value is -1.60. The molecule has 0 radical (unpaired) electrons. The first-order valence-corrected chi connectivity index (χ1v) is 8.56. The van der Waals surface area contributed by atoms with Crippen LogP contribution in [-0.2, 0) is 19.6 Å². The van der Waals surface area contributed by atoms with E-state index in [1.165, 1.54) is 18.5 Å². The van der Waals surface area contributed by atoms with Crippen molar-refractivity contribution < 1.29 is 22.7 Å². The minimum Gasteiger partial charge on any atom is -0.495 e. The Morgan fingerprint density at radius 3 is 2.41 bits per heavy atom. The third-order valence-corrected chi connectivity index (χ3v) is 5.85. The monoisotopic (exact) mass is 327 g/mol. The molecule has 0 aliphatic carbocycles. The van der Waals surface area contributed by atoms with Crippen LogP contribution in [0.25, 0.3) is 0 Å². The second kappa shape index (κ2) is 6.66. The minimum absolute atomic E-state index is 0.173. The van der Waals surface area contributed by atoms with Gasteiger partial charge in [-0.15, -0.1) is 0 Å². The maximum Gasteiger partial charge on any atom is 0.308 e.